The summed E-state index contributed by atoms with van der Waals surface area (Å²) in [5, 5.41) is 6.78. The highest BCUT2D eigenvalue weighted by Gasteiger charge is 2.24. The highest BCUT2D eigenvalue weighted by Crippen LogP contribution is 2.28. The molecule has 1 aliphatic rings. The maximum Gasteiger partial charge on any atom is 0.409 e. The lowest BCUT2D eigenvalue weighted by molar-refractivity contribution is 0.0963. The standard InChI is InChI=1S/C21H34N4O4.HI/c1-5-13-29-18-8-7-16(14-19(18)27-4)15-23-20(22-3)24-17-9-11-25(12-10-17)21(26)28-6-2;/h7-8,14,17H,5-6,9-13,15H2,1-4H3,(H2,22,23,24);1H. The zero-order valence-electron chi connectivity index (χ0n) is 18.4. The van der Waals surface area contributed by atoms with Gasteiger partial charge in [0.2, 0.25) is 0 Å². The second kappa shape index (κ2) is 14.2. The van der Waals surface area contributed by atoms with Gasteiger partial charge in [-0.3, -0.25) is 4.99 Å². The van der Waals surface area contributed by atoms with Crippen LogP contribution in [-0.2, 0) is 11.3 Å². The predicted octanol–water partition coefficient (Wildman–Crippen LogP) is 3.39. The third-order valence-corrected chi connectivity index (χ3v) is 4.74. The van der Waals surface area contributed by atoms with Crippen LogP contribution < -0.4 is 20.1 Å². The summed E-state index contributed by atoms with van der Waals surface area (Å²) in [4.78, 5) is 17.9. The van der Waals surface area contributed by atoms with Gasteiger partial charge in [-0.25, -0.2) is 4.79 Å². The first-order valence-electron chi connectivity index (χ1n) is 10.3. The van der Waals surface area contributed by atoms with Gasteiger partial charge >= 0.3 is 6.09 Å². The third-order valence-electron chi connectivity index (χ3n) is 4.74. The molecule has 2 rings (SSSR count). The van der Waals surface area contributed by atoms with Crippen molar-refractivity contribution >= 4 is 36.0 Å². The molecule has 0 spiro atoms. The lowest BCUT2D eigenvalue weighted by atomic mass is 10.1. The Balaban J connectivity index is 0.00000450. The number of nitrogens with one attached hydrogen (secondary N) is 2. The first kappa shape index (κ1) is 26.1. The summed E-state index contributed by atoms with van der Waals surface area (Å²) in [6.45, 7) is 6.95. The minimum atomic E-state index is -0.228. The Morgan fingerprint density at radius 2 is 1.97 bits per heavy atom. The molecule has 0 aromatic heterocycles. The number of ether oxygens (including phenoxy) is 3. The van der Waals surface area contributed by atoms with E-state index in [2.05, 4.69) is 22.5 Å². The number of rotatable bonds is 8. The van der Waals surface area contributed by atoms with Crippen molar-refractivity contribution in [1.29, 1.82) is 0 Å². The lowest BCUT2D eigenvalue weighted by Crippen LogP contribution is -2.49. The Kier molecular flexibility index (Phi) is 12.3. The summed E-state index contributed by atoms with van der Waals surface area (Å²) in [5.41, 5.74) is 1.07. The van der Waals surface area contributed by atoms with Gasteiger partial charge in [0.1, 0.15) is 0 Å². The Morgan fingerprint density at radius 1 is 1.23 bits per heavy atom. The highest BCUT2D eigenvalue weighted by molar-refractivity contribution is 14.0. The Hall–Kier alpha value is -1.91. The summed E-state index contributed by atoms with van der Waals surface area (Å²) in [5.74, 6) is 2.23. The van der Waals surface area contributed by atoms with E-state index in [0.717, 1.165) is 42.3 Å². The number of methoxy groups -OCH3 is 1. The number of benzene rings is 1. The molecule has 1 aliphatic heterocycles. The van der Waals surface area contributed by atoms with E-state index in [0.29, 0.717) is 32.8 Å². The predicted molar refractivity (Wildman–Crippen MR) is 129 cm³/mol. The zero-order chi connectivity index (χ0) is 21.1. The first-order valence-corrected chi connectivity index (χ1v) is 10.3. The van der Waals surface area contributed by atoms with Gasteiger partial charge in [-0.05, 0) is 43.9 Å². The molecule has 0 aliphatic carbocycles. The van der Waals surface area contributed by atoms with E-state index < -0.39 is 0 Å². The molecule has 2 N–H and O–H groups in total. The van der Waals surface area contributed by atoms with Crippen molar-refractivity contribution in [3.8, 4) is 11.5 Å². The number of amides is 1. The number of nitrogens with zero attached hydrogens (tertiary/aromatic N) is 2. The molecule has 0 atom stereocenters. The van der Waals surface area contributed by atoms with Crippen molar-refractivity contribution in [2.24, 2.45) is 4.99 Å². The molecule has 0 radical (unpaired) electrons. The number of hydrogen-bond acceptors (Lipinski definition) is 5. The number of halogens is 1. The minimum absolute atomic E-state index is 0. The molecule has 1 amide bonds. The molecule has 1 saturated heterocycles. The van der Waals surface area contributed by atoms with Crippen molar-refractivity contribution in [3.05, 3.63) is 23.8 Å². The molecule has 1 aromatic rings. The molecular formula is C21H35IN4O4. The van der Waals surface area contributed by atoms with Crippen LogP contribution in [0.2, 0.25) is 0 Å². The quantitative estimate of drug-likeness (QED) is 0.302. The summed E-state index contributed by atoms with van der Waals surface area (Å²) < 4.78 is 16.2. The van der Waals surface area contributed by atoms with E-state index in [1.165, 1.54) is 0 Å². The van der Waals surface area contributed by atoms with Crippen molar-refractivity contribution in [1.82, 2.24) is 15.5 Å². The molecule has 0 unspecified atom stereocenters. The smallest absolute Gasteiger partial charge is 0.409 e. The zero-order valence-corrected chi connectivity index (χ0v) is 20.7. The van der Waals surface area contributed by atoms with Crippen LogP contribution in [0.4, 0.5) is 4.79 Å². The van der Waals surface area contributed by atoms with Gasteiger partial charge in [-0.1, -0.05) is 13.0 Å². The number of piperidine rings is 1. The van der Waals surface area contributed by atoms with Crippen molar-refractivity contribution in [3.63, 3.8) is 0 Å². The SMILES string of the molecule is CCCOc1ccc(CNC(=NC)NC2CCN(C(=O)OCC)CC2)cc1OC.I. The van der Waals surface area contributed by atoms with Crippen molar-refractivity contribution in [2.45, 2.75) is 45.7 Å². The van der Waals surface area contributed by atoms with Crippen LogP contribution >= 0.6 is 24.0 Å². The molecule has 1 aromatic carbocycles. The number of likely N-dealkylation sites (tertiary alicyclic amines) is 1. The van der Waals surface area contributed by atoms with Gasteiger partial charge in [0.05, 0.1) is 20.3 Å². The number of carbonyl (C=O) groups excluding carboxylic acids is 1. The summed E-state index contributed by atoms with van der Waals surface area (Å²) in [6, 6.07) is 6.20. The van der Waals surface area contributed by atoms with E-state index in [9.17, 15) is 4.79 Å². The van der Waals surface area contributed by atoms with Gasteiger partial charge in [-0.15, -0.1) is 24.0 Å². The Bertz CT molecular complexity index is 679. The van der Waals surface area contributed by atoms with E-state index in [-0.39, 0.29) is 36.1 Å². The van der Waals surface area contributed by atoms with Crippen LogP contribution in [0.25, 0.3) is 0 Å². The van der Waals surface area contributed by atoms with Gasteiger partial charge < -0.3 is 29.7 Å². The molecule has 8 nitrogen and oxygen atoms in total. The fourth-order valence-electron chi connectivity index (χ4n) is 3.15. The van der Waals surface area contributed by atoms with Crippen LogP contribution in [0.15, 0.2) is 23.2 Å². The van der Waals surface area contributed by atoms with Crippen LogP contribution in [0.3, 0.4) is 0 Å². The van der Waals surface area contributed by atoms with Crippen molar-refractivity contribution in [2.75, 3.05) is 40.5 Å². The monoisotopic (exact) mass is 534 g/mol. The Labute approximate surface area is 196 Å². The molecule has 30 heavy (non-hydrogen) atoms. The second-order valence-electron chi connectivity index (χ2n) is 6.86. The Morgan fingerprint density at radius 3 is 2.57 bits per heavy atom. The molecule has 1 fully saturated rings. The second-order valence-corrected chi connectivity index (χ2v) is 6.86. The maximum absolute atomic E-state index is 11.8. The van der Waals surface area contributed by atoms with Crippen LogP contribution in [0.5, 0.6) is 11.5 Å². The highest BCUT2D eigenvalue weighted by atomic mass is 127. The van der Waals surface area contributed by atoms with Gasteiger partial charge in [0.15, 0.2) is 17.5 Å². The molecule has 1 heterocycles. The molecule has 0 saturated carbocycles. The molecular weight excluding hydrogens is 499 g/mol. The molecule has 0 bridgehead atoms. The topological polar surface area (TPSA) is 84.4 Å². The summed E-state index contributed by atoms with van der Waals surface area (Å²) in [7, 11) is 3.40. The number of aliphatic imine (C=N–C) groups is 1. The van der Waals surface area contributed by atoms with E-state index in [4.69, 9.17) is 14.2 Å². The fourth-order valence-corrected chi connectivity index (χ4v) is 3.15. The van der Waals surface area contributed by atoms with Gasteiger partial charge in [0.25, 0.3) is 0 Å². The maximum atomic E-state index is 11.8. The van der Waals surface area contributed by atoms with E-state index in [1.54, 1.807) is 19.1 Å². The molecule has 170 valence electrons. The third kappa shape index (κ3) is 8.08. The van der Waals surface area contributed by atoms with Crippen LogP contribution in [0, 0.1) is 0 Å². The minimum Gasteiger partial charge on any atom is -0.493 e. The van der Waals surface area contributed by atoms with Gasteiger partial charge in [0, 0.05) is 32.7 Å². The normalized spacial score (nSPS) is 14.5. The average Bonchev–Trinajstić information content (AvgIpc) is 2.75. The average molecular weight is 534 g/mol. The van der Waals surface area contributed by atoms with E-state index >= 15 is 0 Å². The van der Waals surface area contributed by atoms with Crippen molar-refractivity contribution < 1.29 is 19.0 Å². The number of guanidine groups is 1. The summed E-state index contributed by atoms with van der Waals surface area (Å²) in [6.07, 6.45) is 2.44. The molecule has 9 heteroatoms. The van der Waals surface area contributed by atoms with Crippen LogP contribution in [0.1, 0.15) is 38.7 Å². The number of carbonyl (C=O) groups is 1. The van der Waals surface area contributed by atoms with Gasteiger partial charge in [-0.2, -0.15) is 0 Å². The first-order chi connectivity index (χ1) is 14.1. The number of hydrogen-bond donors (Lipinski definition) is 2. The lowest BCUT2D eigenvalue weighted by Gasteiger charge is -2.32. The summed E-state index contributed by atoms with van der Waals surface area (Å²) >= 11 is 0. The fraction of sp³-hybridized carbons (Fsp3) is 0.619. The largest absolute Gasteiger partial charge is 0.493 e. The van der Waals surface area contributed by atoms with E-state index in [1.807, 2.05) is 25.1 Å². The van der Waals surface area contributed by atoms with Crippen LogP contribution in [-0.4, -0.2) is 63.5 Å².